The van der Waals surface area contributed by atoms with Gasteiger partial charge < -0.3 is 43.0 Å². The predicted octanol–water partition coefficient (Wildman–Crippen LogP) is 7.56. The quantitative estimate of drug-likeness (QED) is 0.0916. The third-order valence-electron chi connectivity index (χ3n) is 9.81. The molecule has 292 valence electrons. The summed E-state index contributed by atoms with van der Waals surface area (Å²) < 4.78 is 52.8. The minimum absolute atomic E-state index is 0.220. The van der Waals surface area contributed by atoms with E-state index in [1.54, 1.807) is 6.26 Å². The van der Waals surface area contributed by atoms with Crippen LogP contribution in [0.4, 0.5) is 0 Å². The smallest absolute Gasteiger partial charge is 0.187 e. The van der Waals surface area contributed by atoms with Gasteiger partial charge in [0, 0.05) is 0 Å². The number of benzene rings is 5. The first kappa shape index (κ1) is 39.6. The summed E-state index contributed by atoms with van der Waals surface area (Å²) in [6.45, 7) is 1.45. The van der Waals surface area contributed by atoms with Gasteiger partial charge in [-0.25, -0.2) is 0 Å². The van der Waals surface area contributed by atoms with Gasteiger partial charge >= 0.3 is 0 Å². The van der Waals surface area contributed by atoms with Gasteiger partial charge in [0.05, 0.1) is 52.5 Å². The van der Waals surface area contributed by atoms with Crippen LogP contribution in [0.5, 0.6) is 0 Å². The first-order chi connectivity index (χ1) is 27.7. The number of rotatable bonds is 19. The fourth-order valence-electron chi connectivity index (χ4n) is 6.86. The Balaban J connectivity index is 1.18. The number of hydrogen-bond donors (Lipinski definition) is 1. The lowest BCUT2D eigenvalue weighted by Gasteiger charge is -2.47. The number of aliphatic hydroxyl groups is 1. The van der Waals surface area contributed by atoms with Crippen molar-refractivity contribution in [3.8, 4) is 0 Å². The third-order valence-corrected chi connectivity index (χ3v) is 9.81. The Morgan fingerprint density at radius 2 is 0.875 bits per heavy atom. The van der Waals surface area contributed by atoms with E-state index in [1.165, 1.54) is 0 Å². The molecule has 0 saturated carbocycles. The average molecular weight is 759 g/mol. The summed E-state index contributed by atoms with van der Waals surface area (Å²) in [5, 5.41) is 10.9. The van der Waals surface area contributed by atoms with E-state index >= 15 is 0 Å². The van der Waals surface area contributed by atoms with Crippen molar-refractivity contribution in [2.24, 2.45) is 0 Å². The molecule has 0 amide bonds. The Morgan fingerprint density at radius 1 is 0.446 bits per heavy atom. The Hall–Kier alpha value is -4.68. The van der Waals surface area contributed by atoms with Crippen molar-refractivity contribution in [1.29, 1.82) is 0 Å². The van der Waals surface area contributed by atoms with E-state index in [9.17, 15) is 5.11 Å². The first-order valence-corrected chi connectivity index (χ1v) is 19.2. The molecule has 5 aromatic rings. The van der Waals surface area contributed by atoms with Crippen LogP contribution >= 0.6 is 0 Å². The van der Waals surface area contributed by atoms with Gasteiger partial charge in [0.25, 0.3) is 0 Å². The second-order valence-corrected chi connectivity index (χ2v) is 13.9. The number of aliphatic hydroxyl groups excluding tert-OH is 1. The highest BCUT2D eigenvalue weighted by molar-refractivity contribution is 5.17. The SMILES string of the molecule is OC[C@H]1O[C@@H](O[C@H]2[C@H](OCc3ccccc3)C=CO[C@@H]2COCc2ccccc2)[C@H](OCc2ccccc2)[C@@H](OCc2ccccc2)[C@@H]1OCc1ccccc1. The Labute approximate surface area is 329 Å². The van der Waals surface area contributed by atoms with Crippen LogP contribution in [0, 0.1) is 0 Å². The summed E-state index contributed by atoms with van der Waals surface area (Å²) in [7, 11) is 0. The van der Waals surface area contributed by atoms with Crippen LogP contribution < -0.4 is 0 Å². The van der Waals surface area contributed by atoms with Crippen molar-refractivity contribution >= 4 is 0 Å². The van der Waals surface area contributed by atoms with E-state index in [1.807, 2.05) is 158 Å². The van der Waals surface area contributed by atoms with Gasteiger partial charge in [-0.3, -0.25) is 0 Å². The fourth-order valence-corrected chi connectivity index (χ4v) is 6.86. The lowest BCUT2D eigenvalue weighted by atomic mass is 9.97. The predicted molar refractivity (Wildman–Crippen MR) is 211 cm³/mol. The van der Waals surface area contributed by atoms with Gasteiger partial charge in [-0.2, -0.15) is 0 Å². The molecule has 2 heterocycles. The zero-order valence-electron chi connectivity index (χ0n) is 31.4. The molecule has 0 aliphatic carbocycles. The van der Waals surface area contributed by atoms with Crippen molar-refractivity contribution in [3.05, 3.63) is 192 Å². The molecule has 1 saturated heterocycles. The van der Waals surface area contributed by atoms with Gasteiger partial charge in [-0.1, -0.05) is 152 Å². The third kappa shape index (κ3) is 11.2. The molecule has 8 atom stereocenters. The Morgan fingerprint density at radius 3 is 1.36 bits per heavy atom. The monoisotopic (exact) mass is 758 g/mol. The maximum absolute atomic E-state index is 10.9. The summed E-state index contributed by atoms with van der Waals surface area (Å²) in [6.07, 6.45) is -2.34. The zero-order chi connectivity index (χ0) is 38.2. The maximum atomic E-state index is 10.9. The standard InChI is InChI=1S/C47H50O9/c48-28-41-44(52-31-37-20-10-3-11-21-37)45(53-32-38-22-12-4-13-23-38)46(54-33-39-24-14-5-15-25-39)47(55-41)56-43-40(51-30-36-18-8-2-9-19-36)26-27-50-42(43)34-49-29-35-16-6-1-7-17-35/h1-27,40-48H,28-34H2/t40-,41-,42-,43+,44-,45+,46-,47+/m1/s1. The van der Waals surface area contributed by atoms with Gasteiger partial charge in [-0.05, 0) is 33.9 Å². The topological polar surface area (TPSA) is 94.1 Å². The Bertz CT molecular complexity index is 1850. The molecule has 1 N–H and O–H groups in total. The van der Waals surface area contributed by atoms with E-state index < -0.39 is 49.0 Å². The van der Waals surface area contributed by atoms with Crippen LogP contribution in [0.15, 0.2) is 164 Å². The average Bonchev–Trinajstić information content (AvgIpc) is 3.26. The summed E-state index contributed by atoms with van der Waals surface area (Å²) in [5.41, 5.74) is 5.00. The van der Waals surface area contributed by atoms with E-state index in [0.717, 1.165) is 27.8 Å². The summed E-state index contributed by atoms with van der Waals surface area (Å²) >= 11 is 0. The molecule has 56 heavy (non-hydrogen) atoms. The molecule has 2 aliphatic rings. The highest BCUT2D eigenvalue weighted by Gasteiger charge is 2.51. The molecule has 1 fully saturated rings. The van der Waals surface area contributed by atoms with Crippen molar-refractivity contribution in [1.82, 2.24) is 0 Å². The van der Waals surface area contributed by atoms with E-state index in [0.29, 0.717) is 13.2 Å². The maximum Gasteiger partial charge on any atom is 0.187 e. The summed E-state index contributed by atoms with van der Waals surface area (Å²) in [6, 6.07) is 49.7. The van der Waals surface area contributed by atoms with Crippen LogP contribution in [0.2, 0.25) is 0 Å². The second kappa shape index (κ2) is 21.0. The molecule has 9 nitrogen and oxygen atoms in total. The van der Waals surface area contributed by atoms with E-state index in [-0.39, 0.29) is 33.0 Å². The molecular formula is C47H50O9. The highest BCUT2D eigenvalue weighted by Crippen LogP contribution is 2.34. The van der Waals surface area contributed by atoms with Crippen LogP contribution in [0.25, 0.3) is 0 Å². The summed E-state index contributed by atoms with van der Waals surface area (Å²) in [4.78, 5) is 0. The fraction of sp³-hybridized carbons (Fsp3) is 0.319. The number of ether oxygens (including phenoxy) is 8. The molecule has 0 spiro atoms. The van der Waals surface area contributed by atoms with Crippen LogP contribution in [-0.4, -0.2) is 67.3 Å². The normalized spacial score (nSPS) is 24.7. The van der Waals surface area contributed by atoms with Gasteiger partial charge in [0.2, 0.25) is 0 Å². The second-order valence-electron chi connectivity index (χ2n) is 13.9. The van der Waals surface area contributed by atoms with Gasteiger partial charge in [0.1, 0.15) is 36.6 Å². The minimum atomic E-state index is -1.02. The van der Waals surface area contributed by atoms with Crippen molar-refractivity contribution in [3.63, 3.8) is 0 Å². The van der Waals surface area contributed by atoms with Crippen LogP contribution in [0.3, 0.4) is 0 Å². The zero-order valence-corrected chi connectivity index (χ0v) is 31.4. The van der Waals surface area contributed by atoms with Crippen molar-refractivity contribution in [2.75, 3.05) is 13.2 Å². The molecule has 2 aliphatic heterocycles. The lowest BCUT2D eigenvalue weighted by Crippen LogP contribution is -2.63. The van der Waals surface area contributed by atoms with E-state index in [2.05, 4.69) is 0 Å². The molecule has 5 aromatic carbocycles. The minimum Gasteiger partial charge on any atom is -0.493 e. The van der Waals surface area contributed by atoms with Crippen molar-refractivity contribution in [2.45, 2.75) is 82.1 Å². The van der Waals surface area contributed by atoms with Crippen molar-refractivity contribution < 1.29 is 43.0 Å². The Kier molecular flexibility index (Phi) is 14.8. The van der Waals surface area contributed by atoms with Gasteiger partial charge in [-0.15, -0.1) is 0 Å². The molecule has 7 rings (SSSR count). The molecule has 0 unspecified atom stereocenters. The lowest BCUT2D eigenvalue weighted by molar-refractivity contribution is -0.345. The number of hydrogen-bond acceptors (Lipinski definition) is 9. The summed E-state index contributed by atoms with van der Waals surface area (Å²) in [5.74, 6) is 0. The molecule has 9 heteroatoms. The highest BCUT2D eigenvalue weighted by atomic mass is 16.7. The van der Waals surface area contributed by atoms with E-state index in [4.69, 9.17) is 37.9 Å². The molecule has 0 bridgehead atoms. The largest absolute Gasteiger partial charge is 0.493 e. The van der Waals surface area contributed by atoms with Gasteiger partial charge in [0.15, 0.2) is 12.4 Å². The molecular weight excluding hydrogens is 709 g/mol. The molecule has 0 radical (unpaired) electrons. The van der Waals surface area contributed by atoms with Crippen LogP contribution in [-0.2, 0) is 70.9 Å². The van der Waals surface area contributed by atoms with Crippen LogP contribution in [0.1, 0.15) is 27.8 Å². The molecule has 0 aromatic heterocycles. The first-order valence-electron chi connectivity index (χ1n) is 19.2.